The molecule has 29 heavy (non-hydrogen) atoms. The number of hydrogen-bond acceptors (Lipinski definition) is 7. The highest BCUT2D eigenvalue weighted by Crippen LogP contribution is 2.48. The Morgan fingerprint density at radius 2 is 2.21 bits per heavy atom. The molecule has 2 bridgehead atoms. The molecule has 4 unspecified atom stereocenters. The molecule has 5 heterocycles. The number of pyridine rings is 2. The second kappa shape index (κ2) is 5.92. The second-order valence-electron chi connectivity index (χ2n) is 8.30. The third kappa shape index (κ3) is 2.32. The highest BCUT2D eigenvalue weighted by molar-refractivity contribution is 5.99. The van der Waals surface area contributed by atoms with Crippen molar-refractivity contribution in [2.75, 3.05) is 11.4 Å². The van der Waals surface area contributed by atoms with Gasteiger partial charge in [-0.2, -0.15) is 0 Å². The minimum Gasteiger partial charge on any atom is -0.472 e. The van der Waals surface area contributed by atoms with Gasteiger partial charge in [0.05, 0.1) is 29.2 Å². The number of nitrogens with zero attached hydrogens (tertiary/aromatic N) is 5. The number of amides is 1. The molecule has 0 saturated carbocycles. The van der Waals surface area contributed by atoms with Crippen LogP contribution in [-0.4, -0.2) is 51.2 Å². The van der Waals surface area contributed by atoms with Gasteiger partial charge in [-0.1, -0.05) is 0 Å². The van der Waals surface area contributed by atoms with E-state index in [2.05, 4.69) is 19.6 Å². The summed E-state index contributed by atoms with van der Waals surface area (Å²) >= 11 is 0. The fourth-order valence-electron chi connectivity index (χ4n) is 5.40. The van der Waals surface area contributed by atoms with Gasteiger partial charge >= 0.3 is 6.09 Å². The molecule has 3 aliphatic heterocycles. The number of rotatable bonds is 0. The summed E-state index contributed by atoms with van der Waals surface area (Å²) in [6, 6.07) is -0.450. The van der Waals surface area contributed by atoms with E-state index in [4.69, 9.17) is 10.00 Å². The Bertz CT molecular complexity index is 1080. The van der Waals surface area contributed by atoms with Gasteiger partial charge in [0.2, 0.25) is 5.88 Å². The molecule has 2 saturated heterocycles. The van der Waals surface area contributed by atoms with Crippen LogP contribution < -0.4 is 9.64 Å². The van der Waals surface area contributed by atoms with Crippen molar-refractivity contribution in [2.45, 2.75) is 57.3 Å². The van der Waals surface area contributed by atoms with Crippen LogP contribution in [0.1, 0.15) is 32.3 Å². The lowest BCUT2D eigenvalue weighted by Crippen LogP contribution is -2.69. The molecule has 4 atom stereocenters. The topological polar surface area (TPSA) is 91.6 Å². The fraction of sp³-hybridized carbons (Fsp3) is 0.500. The van der Waals surface area contributed by atoms with E-state index in [1.807, 2.05) is 20.8 Å². The number of carbonyl (C=O) groups excluding carboxylic acids is 1. The molecular weight excluding hydrogens is 377 g/mol. The Labute approximate surface area is 166 Å². The smallest absolute Gasteiger partial charge is 0.426 e. The van der Waals surface area contributed by atoms with E-state index in [1.165, 1.54) is 12.5 Å². The first-order valence-electron chi connectivity index (χ1n) is 9.62. The average molecular weight is 397 g/mol. The molecule has 0 N–H and O–H groups in total. The van der Waals surface area contributed by atoms with Crippen LogP contribution in [0.25, 0.3) is 10.8 Å². The van der Waals surface area contributed by atoms with Crippen molar-refractivity contribution in [3.05, 3.63) is 23.8 Å². The summed E-state index contributed by atoms with van der Waals surface area (Å²) in [5, 5.41) is 9.86. The van der Waals surface area contributed by atoms with Gasteiger partial charge in [-0.25, -0.2) is 19.2 Å². The molecule has 9 heteroatoms. The highest BCUT2D eigenvalue weighted by atomic mass is 19.1. The fourth-order valence-corrected chi connectivity index (χ4v) is 5.40. The molecule has 150 valence electrons. The lowest BCUT2D eigenvalue weighted by Gasteiger charge is -2.51. The van der Waals surface area contributed by atoms with Gasteiger partial charge in [0.25, 0.3) is 6.26 Å². The summed E-state index contributed by atoms with van der Waals surface area (Å²) in [6.07, 6.45) is 4.87. The number of aryl methyl sites for hydroxylation is 1. The van der Waals surface area contributed by atoms with Crippen molar-refractivity contribution in [3.63, 3.8) is 0 Å². The van der Waals surface area contributed by atoms with Crippen LogP contribution in [0.15, 0.2) is 12.4 Å². The van der Waals surface area contributed by atoms with E-state index >= 15 is 0 Å². The second-order valence-corrected chi connectivity index (χ2v) is 8.30. The molecule has 1 amide bonds. The molecule has 2 fully saturated rings. The third-order valence-electron chi connectivity index (χ3n) is 6.53. The van der Waals surface area contributed by atoms with Crippen LogP contribution in [0.5, 0.6) is 5.88 Å². The maximum absolute atomic E-state index is 14.7. The van der Waals surface area contributed by atoms with Crippen LogP contribution >= 0.6 is 0 Å². The van der Waals surface area contributed by atoms with Crippen LogP contribution in [0.4, 0.5) is 15.0 Å². The number of anilines is 1. The Hall–Kier alpha value is -3.15. The summed E-state index contributed by atoms with van der Waals surface area (Å²) in [5.41, 5.74) is 0.184. The summed E-state index contributed by atoms with van der Waals surface area (Å²) in [6.45, 7) is 6.19. The van der Waals surface area contributed by atoms with E-state index in [9.17, 15) is 9.18 Å². The molecule has 0 aromatic carbocycles. The van der Waals surface area contributed by atoms with Gasteiger partial charge in [0.1, 0.15) is 17.7 Å². The number of fused-ring (bicyclic) bond motifs is 5. The molecule has 2 aromatic heterocycles. The van der Waals surface area contributed by atoms with Crippen molar-refractivity contribution < 1.29 is 18.7 Å². The van der Waals surface area contributed by atoms with Crippen LogP contribution in [-0.2, 0) is 4.74 Å². The number of halogens is 1. The van der Waals surface area contributed by atoms with E-state index < -0.39 is 17.4 Å². The van der Waals surface area contributed by atoms with Crippen molar-refractivity contribution in [2.24, 2.45) is 0 Å². The standard InChI is InChI=1S/C20H20FN5O3/c1-10-6-23-17-15-14(10)12(21)7-24-18(15)29-11(2)16-13-4-5-20(3,8-25(16)17)26(13)19(27)28-9-22/h6-7,11,13,16H,4-5,8H2,1-3H3. The zero-order valence-corrected chi connectivity index (χ0v) is 16.3. The maximum Gasteiger partial charge on any atom is 0.426 e. The van der Waals surface area contributed by atoms with Crippen LogP contribution in [0.2, 0.25) is 0 Å². The summed E-state index contributed by atoms with van der Waals surface area (Å²) in [4.78, 5) is 25.2. The quantitative estimate of drug-likeness (QED) is 0.631. The van der Waals surface area contributed by atoms with E-state index in [1.54, 1.807) is 11.1 Å². The highest BCUT2D eigenvalue weighted by Gasteiger charge is 2.58. The SMILES string of the molecule is Cc1cnc2c3c(ncc(F)c13)OC(C)C1C3CCC(C)(CN21)N3C(=O)OC#N. The molecule has 3 aliphatic rings. The summed E-state index contributed by atoms with van der Waals surface area (Å²) in [7, 11) is 0. The largest absolute Gasteiger partial charge is 0.472 e. The first-order chi connectivity index (χ1) is 13.9. The minimum atomic E-state index is -0.641. The Morgan fingerprint density at radius 3 is 2.97 bits per heavy atom. The number of aromatic nitrogens is 2. The first-order valence-corrected chi connectivity index (χ1v) is 9.62. The predicted molar refractivity (Wildman–Crippen MR) is 101 cm³/mol. The molecule has 0 spiro atoms. The molecular formula is C20H20FN5O3. The Kier molecular flexibility index (Phi) is 3.66. The van der Waals surface area contributed by atoms with Gasteiger partial charge in [-0.05, 0) is 39.2 Å². The van der Waals surface area contributed by atoms with Crippen molar-refractivity contribution in [3.8, 4) is 12.1 Å². The monoisotopic (exact) mass is 397 g/mol. The normalized spacial score (nSPS) is 29.7. The molecule has 8 nitrogen and oxygen atoms in total. The number of nitriles is 1. The Balaban J connectivity index is 1.71. The van der Waals surface area contributed by atoms with E-state index in [-0.39, 0.29) is 18.2 Å². The molecule has 2 aromatic rings. The maximum atomic E-state index is 14.7. The summed E-state index contributed by atoms with van der Waals surface area (Å²) in [5.74, 6) is 0.556. The lowest BCUT2D eigenvalue weighted by atomic mass is 9.93. The molecule has 0 radical (unpaired) electrons. The number of hydrogen-bond donors (Lipinski definition) is 0. The molecule has 0 aliphatic carbocycles. The Morgan fingerprint density at radius 1 is 1.41 bits per heavy atom. The zero-order valence-electron chi connectivity index (χ0n) is 16.3. The van der Waals surface area contributed by atoms with Crippen molar-refractivity contribution in [1.82, 2.24) is 14.9 Å². The average Bonchev–Trinajstić information content (AvgIpc) is 2.85. The lowest BCUT2D eigenvalue weighted by molar-refractivity contribution is 0.0386. The van der Waals surface area contributed by atoms with Gasteiger partial charge in [-0.15, -0.1) is 5.26 Å². The van der Waals surface area contributed by atoms with Gasteiger partial charge in [0.15, 0.2) is 0 Å². The van der Waals surface area contributed by atoms with Gasteiger partial charge in [-0.3, -0.25) is 4.90 Å². The number of ether oxygens (including phenoxy) is 2. The molecule has 5 rings (SSSR count). The first kappa shape index (κ1) is 17.9. The van der Waals surface area contributed by atoms with Gasteiger partial charge < -0.3 is 14.4 Å². The number of piperazine rings is 1. The third-order valence-corrected chi connectivity index (χ3v) is 6.53. The minimum absolute atomic E-state index is 0.220. The van der Waals surface area contributed by atoms with Crippen LogP contribution in [0, 0.1) is 24.3 Å². The van der Waals surface area contributed by atoms with Crippen LogP contribution in [0.3, 0.4) is 0 Å². The predicted octanol–water partition coefficient (Wildman–Crippen LogP) is 2.89. The van der Waals surface area contributed by atoms with E-state index in [0.29, 0.717) is 34.6 Å². The summed E-state index contributed by atoms with van der Waals surface area (Å²) < 4.78 is 25.5. The zero-order chi connectivity index (χ0) is 20.5. The number of carbonyl (C=O) groups is 1. The van der Waals surface area contributed by atoms with Crippen molar-refractivity contribution >= 4 is 22.7 Å². The van der Waals surface area contributed by atoms with Gasteiger partial charge in [0, 0.05) is 18.1 Å². The van der Waals surface area contributed by atoms with E-state index in [0.717, 1.165) is 12.8 Å². The van der Waals surface area contributed by atoms with Crippen molar-refractivity contribution in [1.29, 1.82) is 5.26 Å².